The topological polar surface area (TPSA) is 78.0 Å². The van der Waals surface area contributed by atoms with Crippen LogP contribution in [0.1, 0.15) is 24.6 Å². The summed E-state index contributed by atoms with van der Waals surface area (Å²) in [5.41, 5.74) is 4.42. The number of aryl methyl sites for hydroxylation is 1. The minimum Gasteiger partial charge on any atom is -0.489 e. The molecule has 0 spiro atoms. The van der Waals surface area contributed by atoms with E-state index in [1.54, 1.807) is 0 Å². The zero-order chi connectivity index (χ0) is 22.2. The summed E-state index contributed by atoms with van der Waals surface area (Å²) < 4.78 is 31.1. The second-order valence-electron chi connectivity index (χ2n) is 8.31. The minimum absolute atomic E-state index is 0.117. The zero-order valence-corrected chi connectivity index (χ0v) is 19.4. The molecule has 0 saturated carbocycles. The van der Waals surface area contributed by atoms with E-state index in [-0.39, 0.29) is 6.10 Å². The van der Waals surface area contributed by atoms with Crippen LogP contribution in [0.15, 0.2) is 30.3 Å². The summed E-state index contributed by atoms with van der Waals surface area (Å²) in [5.74, 6) is 1.68. The Kier molecular flexibility index (Phi) is 6.09. The number of anilines is 3. The number of nitrogens with zero attached hydrogens (tertiary/aromatic N) is 4. The van der Waals surface area contributed by atoms with Crippen LogP contribution in [0.4, 0.5) is 17.2 Å². The lowest BCUT2D eigenvalue weighted by atomic mass is 10.1. The van der Waals surface area contributed by atoms with Crippen molar-refractivity contribution in [3.63, 3.8) is 0 Å². The molecule has 1 N–H and O–H groups in total. The molecule has 0 radical (unpaired) electrons. The SMILES string of the molecule is CCc1cc(OC2CCN(S(C)(=O)=O)C2)ccc1N(C)c1cc2cc(n1)CNCN2C. The Balaban J connectivity index is 1.54. The van der Waals surface area contributed by atoms with Crippen molar-refractivity contribution in [2.45, 2.75) is 32.4 Å². The molecule has 1 fully saturated rings. The average Bonchev–Trinajstić information content (AvgIpc) is 3.17. The Labute approximate surface area is 184 Å². The van der Waals surface area contributed by atoms with Gasteiger partial charge in [-0.25, -0.2) is 13.4 Å². The van der Waals surface area contributed by atoms with Crippen molar-refractivity contribution in [2.75, 3.05) is 49.9 Å². The standard InChI is InChI=1S/C22H31N5O3S/c1-5-16-10-19(30-20-8-9-27(14-20)31(4,28)29)6-7-21(16)26(3)22-12-18-11-17(24-22)13-23-15-25(18)2/h6-7,10-12,20,23H,5,8-9,13-15H2,1-4H3. The largest absolute Gasteiger partial charge is 0.489 e. The van der Waals surface area contributed by atoms with E-state index < -0.39 is 10.0 Å². The van der Waals surface area contributed by atoms with E-state index in [1.807, 2.05) is 13.1 Å². The molecule has 2 aliphatic rings. The fourth-order valence-corrected chi connectivity index (χ4v) is 5.01. The Bertz CT molecular complexity index is 1060. The second kappa shape index (κ2) is 8.64. The van der Waals surface area contributed by atoms with Gasteiger partial charge >= 0.3 is 0 Å². The molecule has 1 saturated heterocycles. The Morgan fingerprint density at radius 2 is 2.10 bits per heavy atom. The highest BCUT2D eigenvalue weighted by molar-refractivity contribution is 7.88. The quantitative estimate of drug-likeness (QED) is 0.731. The third-order valence-electron chi connectivity index (χ3n) is 5.96. The highest BCUT2D eigenvalue weighted by Crippen LogP contribution is 2.33. The molecule has 1 atom stereocenters. The van der Waals surface area contributed by atoms with Crippen molar-refractivity contribution >= 4 is 27.2 Å². The molecule has 1 unspecified atom stereocenters. The van der Waals surface area contributed by atoms with Gasteiger partial charge in [0.25, 0.3) is 0 Å². The van der Waals surface area contributed by atoms with Gasteiger partial charge in [0.1, 0.15) is 17.7 Å². The lowest BCUT2D eigenvalue weighted by Gasteiger charge is -2.24. The van der Waals surface area contributed by atoms with Crippen LogP contribution in [0.5, 0.6) is 5.75 Å². The first-order valence-electron chi connectivity index (χ1n) is 10.7. The molecule has 0 amide bonds. The second-order valence-corrected chi connectivity index (χ2v) is 10.3. The van der Waals surface area contributed by atoms with Gasteiger partial charge in [0.15, 0.2) is 0 Å². The van der Waals surface area contributed by atoms with Gasteiger partial charge in [-0.05, 0) is 42.7 Å². The van der Waals surface area contributed by atoms with E-state index >= 15 is 0 Å². The first-order chi connectivity index (χ1) is 14.7. The minimum atomic E-state index is -3.17. The molecule has 9 heteroatoms. The zero-order valence-electron chi connectivity index (χ0n) is 18.6. The molecular formula is C22H31N5O3S. The Morgan fingerprint density at radius 3 is 2.81 bits per heavy atom. The van der Waals surface area contributed by atoms with Gasteiger partial charge in [-0.2, -0.15) is 4.31 Å². The highest BCUT2D eigenvalue weighted by atomic mass is 32.2. The van der Waals surface area contributed by atoms with Gasteiger partial charge in [0, 0.05) is 44.6 Å². The van der Waals surface area contributed by atoms with Crippen molar-refractivity contribution < 1.29 is 13.2 Å². The number of hydrogen-bond donors (Lipinski definition) is 1. The molecule has 2 aromatic rings. The maximum Gasteiger partial charge on any atom is 0.211 e. The van der Waals surface area contributed by atoms with Gasteiger partial charge in [-0.1, -0.05) is 6.92 Å². The smallest absolute Gasteiger partial charge is 0.211 e. The van der Waals surface area contributed by atoms with Crippen molar-refractivity contribution in [1.29, 1.82) is 0 Å². The maximum absolute atomic E-state index is 11.8. The molecule has 3 heterocycles. The number of aromatic nitrogens is 1. The highest BCUT2D eigenvalue weighted by Gasteiger charge is 2.30. The lowest BCUT2D eigenvalue weighted by molar-refractivity contribution is 0.215. The molecule has 168 valence electrons. The van der Waals surface area contributed by atoms with E-state index in [2.05, 4.69) is 53.4 Å². The van der Waals surface area contributed by atoms with Gasteiger partial charge in [0.05, 0.1) is 25.2 Å². The number of sulfonamides is 1. The van der Waals surface area contributed by atoms with Crippen molar-refractivity contribution in [1.82, 2.24) is 14.6 Å². The van der Waals surface area contributed by atoms with Crippen molar-refractivity contribution in [2.24, 2.45) is 0 Å². The summed E-state index contributed by atoms with van der Waals surface area (Å²) in [6, 6.07) is 10.3. The van der Waals surface area contributed by atoms with Crippen LogP contribution >= 0.6 is 0 Å². The normalized spacial score (nSPS) is 19.4. The van der Waals surface area contributed by atoms with Crippen molar-refractivity contribution in [3.8, 4) is 5.75 Å². The summed E-state index contributed by atoms with van der Waals surface area (Å²) in [5, 5.41) is 3.38. The van der Waals surface area contributed by atoms with E-state index in [9.17, 15) is 8.42 Å². The molecule has 31 heavy (non-hydrogen) atoms. The number of nitrogens with one attached hydrogen (secondary N) is 1. The molecular weight excluding hydrogens is 414 g/mol. The van der Waals surface area contributed by atoms with Gasteiger partial charge in [-0.3, -0.25) is 5.32 Å². The predicted molar refractivity (Wildman–Crippen MR) is 124 cm³/mol. The van der Waals surface area contributed by atoms with E-state index in [1.165, 1.54) is 10.6 Å². The molecule has 1 aromatic carbocycles. The lowest BCUT2D eigenvalue weighted by Crippen LogP contribution is -2.29. The van der Waals surface area contributed by atoms with Crippen LogP contribution in [0.2, 0.25) is 0 Å². The van der Waals surface area contributed by atoms with Crippen LogP contribution in [-0.4, -0.2) is 63.9 Å². The van der Waals surface area contributed by atoms with Gasteiger partial charge < -0.3 is 14.5 Å². The van der Waals surface area contributed by atoms with E-state index in [0.29, 0.717) is 19.5 Å². The number of ether oxygens (including phenoxy) is 1. The number of hydrogen-bond acceptors (Lipinski definition) is 7. The summed E-state index contributed by atoms with van der Waals surface area (Å²) in [4.78, 5) is 9.13. The number of fused-ring (bicyclic) bond motifs is 2. The summed E-state index contributed by atoms with van der Waals surface area (Å²) >= 11 is 0. The average molecular weight is 446 g/mol. The fraction of sp³-hybridized carbons (Fsp3) is 0.500. The monoisotopic (exact) mass is 445 g/mol. The van der Waals surface area contributed by atoms with Crippen LogP contribution in [0, 0.1) is 0 Å². The Hall–Kier alpha value is -2.36. The molecule has 2 aliphatic heterocycles. The van der Waals surface area contributed by atoms with Crippen LogP contribution in [0.3, 0.4) is 0 Å². The predicted octanol–water partition coefficient (Wildman–Crippen LogP) is 2.32. The first kappa shape index (κ1) is 21.9. The van der Waals surface area contributed by atoms with E-state index in [0.717, 1.165) is 53.8 Å². The van der Waals surface area contributed by atoms with Crippen LogP contribution < -0.4 is 19.9 Å². The molecule has 0 aliphatic carbocycles. The van der Waals surface area contributed by atoms with Crippen molar-refractivity contribution in [3.05, 3.63) is 41.6 Å². The number of rotatable bonds is 6. The van der Waals surface area contributed by atoms with Gasteiger partial charge in [0.2, 0.25) is 10.0 Å². The molecule has 2 bridgehead atoms. The summed E-state index contributed by atoms with van der Waals surface area (Å²) in [6.07, 6.45) is 2.69. The number of pyridine rings is 1. The first-order valence-corrected chi connectivity index (χ1v) is 12.5. The summed E-state index contributed by atoms with van der Waals surface area (Å²) in [7, 11) is 0.939. The third-order valence-corrected chi connectivity index (χ3v) is 7.23. The molecule has 4 rings (SSSR count). The van der Waals surface area contributed by atoms with Crippen LogP contribution in [-0.2, 0) is 23.0 Å². The molecule has 1 aromatic heterocycles. The fourth-order valence-electron chi connectivity index (χ4n) is 4.14. The molecule has 8 nitrogen and oxygen atoms in total. The Morgan fingerprint density at radius 1 is 1.29 bits per heavy atom. The van der Waals surface area contributed by atoms with Crippen LogP contribution in [0.25, 0.3) is 0 Å². The van der Waals surface area contributed by atoms with E-state index in [4.69, 9.17) is 9.72 Å². The maximum atomic E-state index is 11.8. The number of benzene rings is 1. The summed E-state index contributed by atoms with van der Waals surface area (Å²) in [6.45, 7) is 4.58. The van der Waals surface area contributed by atoms with Gasteiger partial charge in [-0.15, -0.1) is 0 Å². The third kappa shape index (κ3) is 4.78.